The van der Waals surface area contributed by atoms with Gasteiger partial charge in [0.15, 0.2) is 0 Å². The number of rotatable bonds is 3. The lowest BCUT2D eigenvalue weighted by atomic mass is 9.90. The molecule has 6 nitrogen and oxygen atoms in total. The monoisotopic (exact) mass is 351 g/mol. The third-order valence-corrected chi connectivity index (χ3v) is 5.82. The van der Waals surface area contributed by atoms with Crippen LogP contribution in [-0.2, 0) is 22.4 Å². The summed E-state index contributed by atoms with van der Waals surface area (Å²) in [6, 6.07) is 0.160. The SMILES string of the molecule is CCOC(=O)N1CCC(NC(=O)C2CCc3nc(C)sc3C2)CC1. The van der Waals surface area contributed by atoms with Gasteiger partial charge in [-0.2, -0.15) is 0 Å². The molecular weight excluding hydrogens is 326 g/mol. The molecule has 1 aliphatic heterocycles. The van der Waals surface area contributed by atoms with E-state index in [2.05, 4.69) is 10.3 Å². The van der Waals surface area contributed by atoms with Gasteiger partial charge in [-0.3, -0.25) is 4.79 Å². The summed E-state index contributed by atoms with van der Waals surface area (Å²) in [6.07, 6.45) is 3.93. The van der Waals surface area contributed by atoms with Gasteiger partial charge in [-0.1, -0.05) is 0 Å². The Balaban J connectivity index is 1.47. The van der Waals surface area contributed by atoms with Crippen LogP contribution in [0.15, 0.2) is 0 Å². The van der Waals surface area contributed by atoms with E-state index < -0.39 is 0 Å². The lowest BCUT2D eigenvalue weighted by Crippen LogP contribution is -2.48. The van der Waals surface area contributed by atoms with Crippen LogP contribution in [-0.4, -0.2) is 47.6 Å². The molecule has 1 saturated heterocycles. The zero-order valence-electron chi connectivity index (χ0n) is 14.3. The number of hydrogen-bond acceptors (Lipinski definition) is 5. The van der Waals surface area contributed by atoms with E-state index in [1.807, 2.05) is 13.8 Å². The lowest BCUT2D eigenvalue weighted by molar-refractivity contribution is -0.126. The van der Waals surface area contributed by atoms with Gasteiger partial charge in [0.25, 0.3) is 0 Å². The number of nitrogens with zero attached hydrogens (tertiary/aromatic N) is 2. The Morgan fingerprint density at radius 2 is 2.08 bits per heavy atom. The van der Waals surface area contributed by atoms with Gasteiger partial charge in [0.1, 0.15) is 0 Å². The van der Waals surface area contributed by atoms with Crippen molar-refractivity contribution in [3.8, 4) is 0 Å². The number of hydrogen-bond donors (Lipinski definition) is 1. The predicted molar refractivity (Wildman–Crippen MR) is 92.1 cm³/mol. The average molecular weight is 351 g/mol. The van der Waals surface area contributed by atoms with E-state index in [4.69, 9.17) is 4.74 Å². The van der Waals surface area contributed by atoms with Crippen molar-refractivity contribution in [1.29, 1.82) is 0 Å². The average Bonchev–Trinajstić information content (AvgIpc) is 2.94. The van der Waals surface area contributed by atoms with Crippen molar-refractivity contribution in [3.05, 3.63) is 15.6 Å². The standard InChI is InChI=1S/C17H25N3O3S/c1-3-23-17(22)20-8-6-13(7-9-20)19-16(21)12-4-5-14-15(10-12)24-11(2)18-14/h12-13H,3-10H2,1-2H3,(H,19,21). The largest absolute Gasteiger partial charge is 0.450 e. The Labute approximate surface area is 146 Å². The van der Waals surface area contributed by atoms with Crippen LogP contribution in [0.3, 0.4) is 0 Å². The zero-order valence-corrected chi connectivity index (χ0v) is 15.2. The Morgan fingerprint density at radius 1 is 1.33 bits per heavy atom. The molecule has 0 spiro atoms. The van der Waals surface area contributed by atoms with Crippen LogP contribution in [0, 0.1) is 12.8 Å². The molecule has 0 radical (unpaired) electrons. The van der Waals surface area contributed by atoms with Gasteiger partial charge >= 0.3 is 6.09 Å². The molecule has 2 aliphatic rings. The van der Waals surface area contributed by atoms with Gasteiger partial charge in [-0.15, -0.1) is 11.3 Å². The minimum Gasteiger partial charge on any atom is -0.450 e. The Bertz CT molecular complexity index is 608. The second-order valence-electron chi connectivity index (χ2n) is 6.51. The fraction of sp³-hybridized carbons (Fsp3) is 0.706. The van der Waals surface area contributed by atoms with Crippen molar-refractivity contribution >= 4 is 23.3 Å². The highest BCUT2D eigenvalue weighted by Gasteiger charge is 2.30. The maximum Gasteiger partial charge on any atom is 0.409 e. The first-order valence-electron chi connectivity index (χ1n) is 8.74. The number of fused-ring (bicyclic) bond motifs is 1. The van der Waals surface area contributed by atoms with Gasteiger partial charge in [0.05, 0.1) is 17.3 Å². The Hall–Kier alpha value is -1.63. The summed E-state index contributed by atoms with van der Waals surface area (Å²) in [4.78, 5) is 31.8. The minimum atomic E-state index is -0.248. The second-order valence-corrected chi connectivity index (χ2v) is 7.80. The van der Waals surface area contributed by atoms with E-state index >= 15 is 0 Å². The van der Waals surface area contributed by atoms with Crippen LogP contribution in [0.5, 0.6) is 0 Å². The third kappa shape index (κ3) is 3.88. The summed E-state index contributed by atoms with van der Waals surface area (Å²) >= 11 is 1.72. The zero-order chi connectivity index (χ0) is 17.1. The van der Waals surface area contributed by atoms with Crippen molar-refractivity contribution in [2.24, 2.45) is 5.92 Å². The number of ether oxygens (including phenoxy) is 1. The minimum absolute atomic E-state index is 0.0560. The number of piperidine rings is 1. The molecule has 0 saturated carbocycles. The van der Waals surface area contributed by atoms with E-state index in [-0.39, 0.29) is 24.0 Å². The molecule has 3 rings (SSSR count). The molecule has 0 aromatic carbocycles. The van der Waals surface area contributed by atoms with Crippen LogP contribution in [0.4, 0.5) is 4.79 Å². The van der Waals surface area contributed by atoms with Crippen LogP contribution in [0.25, 0.3) is 0 Å². The molecule has 1 atom stereocenters. The fourth-order valence-corrected chi connectivity index (χ4v) is 4.53. The highest BCUT2D eigenvalue weighted by molar-refractivity contribution is 7.11. The summed E-state index contributed by atoms with van der Waals surface area (Å²) in [6.45, 7) is 5.52. The van der Waals surface area contributed by atoms with Crippen molar-refractivity contribution in [2.75, 3.05) is 19.7 Å². The van der Waals surface area contributed by atoms with E-state index in [0.29, 0.717) is 19.7 Å². The Kier molecular flexibility index (Phi) is 5.38. The number of aromatic nitrogens is 1. The second kappa shape index (κ2) is 7.51. The maximum atomic E-state index is 12.6. The molecule has 1 aliphatic carbocycles. The molecule has 2 amide bonds. The molecule has 0 bridgehead atoms. The first-order valence-corrected chi connectivity index (χ1v) is 9.55. The fourth-order valence-electron chi connectivity index (χ4n) is 3.47. The van der Waals surface area contributed by atoms with Gasteiger partial charge in [0, 0.05) is 29.9 Å². The number of aryl methyl sites for hydroxylation is 2. The van der Waals surface area contributed by atoms with E-state index in [9.17, 15) is 9.59 Å². The third-order valence-electron chi connectivity index (χ3n) is 4.78. The Morgan fingerprint density at radius 3 is 2.79 bits per heavy atom. The number of nitrogens with one attached hydrogen (secondary N) is 1. The smallest absolute Gasteiger partial charge is 0.409 e. The highest BCUT2D eigenvalue weighted by atomic mass is 32.1. The molecular formula is C17H25N3O3S. The maximum absolute atomic E-state index is 12.6. The quantitative estimate of drug-likeness (QED) is 0.907. The van der Waals surface area contributed by atoms with E-state index in [1.165, 1.54) is 10.6 Å². The van der Waals surface area contributed by atoms with Gasteiger partial charge in [0.2, 0.25) is 5.91 Å². The van der Waals surface area contributed by atoms with Crippen molar-refractivity contribution < 1.29 is 14.3 Å². The van der Waals surface area contributed by atoms with E-state index in [0.717, 1.165) is 37.1 Å². The molecule has 2 heterocycles. The molecule has 1 N–H and O–H groups in total. The first kappa shape index (κ1) is 17.2. The normalized spacial score (nSPS) is 21.2. The van der Waals surface area contributed by atoms with Crippen LogP contribution >= 0.6 is 11.3 Å². The summed E-state index contributed by atoms with van der Waals surface area (Å²) in [5, 5.41) is 4.27. The summed E-state index contributed by atoms with van der Waals surface area (Å²) in [5.41, 5.74) is 1.18. The number of amides is 2. The molecule has 1 aromatic rings. The van der Waals surface area contributed by atoms with Gasteiger partial charge < -0.3 is 15.0 Å². The van der Waals surface area contributed by atoms with Crippen LogP contribution in [0.2, 0.25) is 0 Å². The molecule has 24 heavy (non-hydrogen) atoms. The predicted octanol–water partition coefficient (Wildman–Crippen LogP) is 2.29. The van der Waals surface area contributed by atoms with E-state index in [1.54, 1.807) is 16.2 Å². The lowest BCUT2D eigenvalue weighted by Gasteiger charge is -2.32. The number of thiazole rings is 1. The first-order chi connectivity index (χ1) is 11.6. The van der Waals surface area contributed by atoms with Crippen molar-refractivity contribution in [2.45, 2.75) is 52.0 Å². The van der Waals surface area contributed by atoms with Crippen LogP contribution < -0.4 is 5.32 Å². The topological polar surface area (TPSA) is 71.5 Å². The van der Waals surface area contributed by atoms with Gasteiger partial charge in [-0.25, -0.2) is 9.78 Å². The molecule has 7 heteroatoms. The number of carbonyl (C=O) groups excluding carboxylic acids is 2. The van der Waals surface area contributed by atoms with Gasteiger partial charge in [-0.05, 0) is 46.0 Å². The van der Waals surface area contributed by atoms with Crippen LogP contribution in [0.1, 0.15) is 41.8 Å². The molecule has 1 fully saturated rings. The molecule has 1 unspecified atom stereocenters. The molecule has 1 aromatic heterocycles. The van der Waals surface area contributed by atoms with Crippen molar-refractivity contribution in [1.82, 2.24) is 15.2 Å². The summed E-state index contributed by atoms with van der Waals surface area (Å²) in [7, 11) is 0. The van der Waals surface area contributed by atoms with Crippen molar-refractivity contribution in [3.63, 3.8) is 0 Å². The molecule has 132 valence electrons. The number of carbonyl (C=O) groups is 2. The summed E-state index contributed by atoms with van der Waals surface area (Å²) in [5.74, 6) is 0.210. The summed E-state index contributed by atoms with van der Waals surface area (Å²) < 4.78 is 5.02. The highest BCUT2D eigenvalue weighted by Crippen LogP contribution is 2.30. The number of likely N-dealkylation sites (tertiary alicyclic amines) is 1.